The molecule has 0 bridgehead atoms. The van der Waals surface area contributed by atoms with Crippen molar-refractivity contribution in [3.63, 3.8) is 0 Å². The molecular weight excluding hydrogens is 367 g/mol. The Bertz CT molecular complexity index is 784. The molecule has 0 saturated heterocycles. The average molecular weight is 383 g/mol. The number of carbonyl (C=O) groups is 1. The van der Waals surface area contributed by atoms with Crippen LogP contribution in [0, 0.1) is 0 Å². The predicted octanol–water partition coefficient (Wildman–Crippen LogP) is 3.78. The molecule has 8 heteroatoms. The minimum Gasteiger partial charge on any atom is -0.493 e. The van der Waals surface area contributed by atoms with E-state index in [9.17, 15) is 4.79 Å². The van der Waals surface area contributed by atoms with Crippen molar-refractivity contribution in [2.45, 2.75) is 0 Å². The van der Waals surface area contributed by atoms with E-state index < -0.39 is 5.91 Å². The van der Waals surface area contributed by atoms with Gasteiger partial charge < -0.3 is 14.2 Å². The van der Waals surface area contributed by atoms with Crippen LogP contribution in [-0.2, 0) is 0 Å². The van der Waals surface area contributed by atoms with Crippen LogP contribution in [0.25, 0.3) is 0 Å². The van der Waals surface area contributed by atoms with Crippen molar-refractivity contribution in [3.05, 3.63) is 51.5 Å². The van der Waals surface area contributed by atoms with Gasteiger partial charge in [-0.15, -0.1) is 0 Å². The molecule has 0 radical (unpaired) electrons. The summed E-state index contributed by atoms with van der Waals surface area (Å²) in [7, 11) is 4.43. The first-order valence-corrected chi connectivity index (χ1v) is 7.84. The molecule has 6 nitrogen and oxygen atoms in total. The van der Waals surface area contributed by atoms with Crippen LogP contribution in [0.5, 0.6) is 17.2 Å². The molecule has 0 aliphatic rings. The topological polar surface area (TPSA) is 69.2 Å². The van der Waals surface area contributed by atoms with Gasteiger partial charge >= 0.3 is 0 Å². The van der Waals surface area contributed by atoms with Crippen LogP contribution in [0.4, 0.5) is 0 Å². The van der Waals surface area contributed by atoms with Crippen LogP contribution in [0.1, 0.15) is 15.9 Å². The lowest BCUT2D eigenvalue weighted by atomic mass is 10.1. The third-order valence-corrected chi connectivity index (χ3v) is 4.11. The number of ether oxygens (including phenoxy) is 3. The maximum Gasteiger partial charge on any atom is 0.271 e. The number of methoxy groups -OCH3 is 3. The number of hydrogen-bond acceptors (Lipinski definition) is 5. The molecule has 0 fully saturated rings. The molecule has 132 valence electrons. The highest BCUT2D eigenvalue weighted by molar-refractivity contribution is 6.43. The lowest BCUT2D eigenvalue weighted by molar-refractivity contribution is 0.0954. The Kier molecular flexibility index (Phi) is 6.50. The summed E-state index contributed by atoms with van der Waals surface area (Å²) in [5.41, 5.74) is 3.29. The van der Waals surface area contributed by atoms with Gasteiger partial charge in [0.15, 0.2) is 11.5 Å². The summed E-state index contributed by atoms with van der Waals surface area (Å²) in [6.45, 7) is 0. The molecule has 0 saturated carbocycles. The number of nitrogens with zero attached hydrogens (tertiary/aromatic N) is 1. The molecule has 1 N–H and O–H groups in total. The van der Waals surface area contributed by atoms with Crippen molar-refractivity contribution in [1.82, 2.24) is 5.43 Å². The van der Waals surface area contributed by atoms with E-state index in [1.807, 2.05) is 0 Å². The number of carbonyl (C=O) groups excluding carboxylic acids is 1. The number of halogens is 2. The van der Waals surface area contributed by atoms with Crippen molar-refractivity contribution >= 4 is 35.3 Å². The maximum atomic E-state index is 12.3. The zero-order valence-electron chi connectivity index (χ0n) is 13.8. The second kappa shape index (κ2) is 8.60. The van der Waals surface area contributed by atoms with Crippen molar-refractivity contribution in [2.24, 2.45) is 5.10 Å². The SMILES string of the molecule is COc1cc(C(=O)N/N=C\c2cccc(Cl)c2Cl)cc(OC)c1OC. The summed E-state index contributed by atoms with van der Waals surface area (Å²) < 4.78 is 15.7. The predicted molar refractivity (Wildman–Crippen MR) is 97.6 cm³/mol. The summed E-state index contributed by atoms with van der Waals surface area (Å²) in [4.78, 5) is 12.3. The average Bonchev–Trinajstić information content (AvgIpc) is 2.63. The van der Waals surface area contributed by atoms with Gasteiger partial charge in [-0.1, -0.05) is 35.3 Å². The number of hydrogen-bond donors (Lipinski definition) is 1. The minimum absolute atomic E-state index is 0.295. The van der Waals surface area contributed by atoms with Gasteiger partial charge in [0.2, 0.25) is 5.75 Å². The molecule has 0 spiro atoms. The van der Waals surface area contributed by atoms with Gasteiger partial charge in [0.25, 0.3) is 5.91 Å². The summed E-state index contributed by atoms with van der Waals surface area (Å²) in [6, 6.07) is 8.17. The molecule has 0 aliphatic carbocycles. The lowest BCUT2D eigenvalue weighted by Gasteiger charge is -2.13. The number of amides is 1. The van der Waals surface area contributed by atoms with Gasteiger partial charge in [-0.25, -0.2) is 5.43 Å². The van der Waals surface area contributed by atoms with Crippen molar-refractivity contribution in [2.75, 3.05) is 21.3 Å². The van der Waals surface area contributed by atoms with E-state index >= 15 is 0 Å². The quantitative estimate of drug-likeness (QED) is 0.609. The Morgan fingerprint density at radius 3 is 2.28 bits per heavy atom. The molecule has 2 rings (SSSR count). The van der Waals surface area contributed by atoms with Crippen LogP contribution in [0.2, 0.25) is 10.0 Å². The molecule has 2 aromatic rings. The Morgan fingerprint density at radius 1 is 1.08 bits per heavy atom. The highest BCUT2D eigenvalue weighted by Gasteiger charge is 2.16. The first-order valence-electron chi connectivity index (χ1n) is 7.09. The lowest BCUT2D eigenvalue weighted by Crippen LogP contribution is -2.18. The highest BCUT2D eigenvalue weighted by Crippen LogP contribution is 2.38. The van der Waals surface area contributed by atoms with Crippen LogP contribution in [-0.4, -0.2) is 33.5 Å². The van der Waals surface area contributed by atoms with E-state index in [4.69, 9.17) is 37.4 Å². The third-order valence-electron chi connectivity index (χ3n) is 3.28. The van der Waals surface area contributed by atoms with Crippen molar-refractivity contribution in [3.8, 4) is 17.2 Å². The van der Waals surface area contributed by atoms with Gasteiger partial charge in [0, 0.05) is 11.1 Å². The minimum atomic E-state index is -0.450. The van der Waals surface area contributed by atoms with Gasteiger partial charge in [0.05, 0.1) is 37.6 Å². The fraction of sp³-hybridized carbons (Fsp3) is 0.176. The van der Waals surface area contributed by atoms with Crippen LogP contribution >= 0.6 is 23.2 Å². The molecule has 0 heterocycles. The Labute approximate surface area is 155 Å². The number of hydrazone groups is 1. The van der Waals surface area contributed by atoms with E-state index in [-0.39, 0.29) is 0 Å². The fourth-order valence-corrected chi connectivity index (χ4v) is 2.41. The summed E-state index contributed by atoms with van der Waals surface area (Å²) >= 11 is 12.0. The summed E-state index contributed by atoms with van der Waals surface area (Å²) in [5, 5.41) is 4.65. The smallest absolute Gasteiger partial charge is 0.271 e. The normalized spacial score (nSPS) is 10.6. The van der Waals surface area contributed by atoms with E-state index in [1.54, 1.807) is 18.2 Å². The van der Waals surface area contributed by atoms with Crippen LogP contribution in [0.3, 0.4) is 0 Å². The molecule has 1 amide bonds. The van der Waals surface area contributed by atoms with Crippen molar-refractivity contribution < 1.29 is 19.0 Å². The van der Waals surface area contributed by atoms with Gasteiger partial charge in [-0.05, 0) is 18.2 Å². The Morgan fingerprint density at radius 2 is 1.72 bits per heavy atom. The molecule has 25 heavy (non-hydrogen) atoms. The number of benzene rings is 2. The molecular formula is C17H16Cl2N2O4. The van der Waals surface area contributed by atoms with E-state index in [0.29, 0.717) is 38.4 Å². The fourth-order valence-electron chi connectivity index (χ4n) is 2.06. The number of nitrogens with one attached hydrogen (secondary N) is 1. The van der Waals surface area contributed by atoms with Gasteiger partial charge in [0.1, 0.15) is 0 Å². The number of rotatable bonds is 6. The second-order valence-corrected chi connectivity index (χ2v) is 5.54. The summed E-state index contributed by atoms with van der Waals surface area (Å²) in [5.74, 6) is 0.687. The van der Waals surface area contributed by atoms with E-state index in [2.05, 4.69) is 10.5 Å². The largest absolute Gasteiger partial charge is 0.493 e. The molecule has 0 aromatic heterocycles. The molecule has 0 unspecified atom stereocenters. The summed E-state index contributed by atoms with van der Waals surface area (Å²) in [6.07, 6.45) is 1.41. The second-order valence-electron chi connectivity index (χ2n) is 4.76. The monoisotopic (exact) mass is 382 g/mol. The first kappa shape index (κ1) is 18.9. The zero-order chi connectivity index (χ0) is 18.4. The maximum absolute atomic E-state index is 12.3. The standard InChI is InChI=1S/C17H16Cl2N2O4/c1-23-13-7-11(8-14(24-2)16(13)25-3)17(22)21-20-9-10-5-4-6-12(18)15(10)19/h4-9H,1-3H3,(H,21,22)/b20-9-. The Balaban J connectivity index is 2.21. The molecule has 2 aromatic carbocycles. The Hall–Kier alpha value is -2.44. The van der Waals surface area contributed by atoms with Crippen molar-refractivity contribution in [1.29, 1.82) is 0 Å². The van der Waals surface area contributed by atoms with E-state index in [1.165, 1.54) is 39.7 Å². The highest BCUT2D eigenvalue weighted by atomic mass is 35.5. The van der Waals surface area contributed by atoms with Crippen LogP contribution < -0.4 is 19.6 Å². The molecule has 0 aliphatic heterocycles. The van der Waals surface area contributed by atoms with Gasteiger partial charge in [-0.2, -0.15) is 5.10 Å². The third kappa shape index (κ3) is 4.35. The van der Waals surface area contributed by atoms with Crippen LogP contribution in [0.15, 0.2) is 35.4 Å². The van der Waals surface area contributed by atoms with E-state index in [0.717, 1.165) is 0 Å². The zero-order valence-corrected chi connectivity index (χ0v) is 15.3. The van der Waals surface area contributed by atoms with Gasteiger partial charge in [-0.3, -0.25) is 4.79 Å². The molecule has 0 atom stereocenters. The first-order chi connectivity index (χ1) is 12.0.